The van der Waals surface area contributed by atoms with Gasteiger partial charge in [0.1, 0.15) is 5.75 Å². The van der Waals surface area contributed by atoms with Gasteiger partial charge in [0.05, 0.1) is 16.4 Å². The van der Waals surface area contributed by atoms with Gasteiger partial charge in [0, 0.05) is 24.4 Å². The zero-order chi connectivity index (χ0) is 12.8. The van der Waals surface area contributed by atoms with E-state index in [9.17, 15) is 13.5 Å². The predicted molar refractivity (Wildman–Crippen MR) is 71.5 cm³/mol. The van der Waals surface area contributed by atoms with Crippen LogP contribution in [0.3, 0.4) is 0 Å². The van der Waals surface area contributed by atoms with Gasteiger partial charge in [-0.05, 0) is 27.6 Å². The van der Waals surface area contributed by atoms with Crippen LogP contribution in [-0.2, 0) is 10.0 Å². The first-order valence-corrected chi connectivity index (χ1v) is 8.08. The van der Waals surface area contributed by atoms with Gasteiger partial charge in [-0.1, -0.05) is 0 Å². The first-order valence-electron chi connectivity index (χ1n) is 4.90. The topological polar surface area (TPSA) is 57.6 Å². The summed E-state index contributed by atoms with van der Waals surface area (Å²) in [6, 6.07) is 3.18. The SMILES string of the molecule is CS(=O)(=O)N1CC(CCl)c2cc(Br)c(O)cc21. The summed E-state index contributed by atoms with van der Waals surface area (Å²) >= 11 is 9.06. The van der Waals surface area contributed by atoms with Gasteiger partial charge in [-0.3, -0.25) is 4.31 Å². The van der Waals surface area contributed by atoms with Crippen molar-refractivity contribution in [2.24, 2.45) is 0 Å². The highest BCUT2D eigenvalue weighted by atomic mass is 79.9. The number of sulfonamides is 1. The Balaban J connectivity index is 2.61. The Kier molecular flexibility index (Phi) is 3.31. The highest BCUT2D eigenvalue weighted by molar-refractivity contribution is 9.10. The minimum atomic E-state index is -3.34. The van der Waals surface area contributed by atoms with Crippen LogP contribution in [-0.4, -0.2) is 32.2 Å². The number of benzene rings is 1. The molecule has 1 aliphatic heterocycles. The van der Waals surface area contributed by atoms with Crippen molar-refractivity contribution >= 4 is 43.2 Å². The van der Waals surface area contributed by atoms with Gasteiger partial charge in [0.2, 0.25) is 10.0 Å². The zero-order valence-electron chi connectivity index (χ0n) is 9.02. The molecule has 4 nitrogen and oxygen atoms in total. The third-order valence-corrected chi connectivity index (χ3v) is 4.93. The molecule has 0 fully saturated rings. The number of fused-ring (bicyclic) bond motifs is 1. The lowest BCUT2D eigenvalue weighted by Gasteiger charge is -2.16. The molecule has 1 aromatic rings. The fourth-order valence-corrected chi connectivity index (χ4v) is 3.54. The molecule has 17 heavy (non-hydrogen) atoms. The Morgan fingerprint density at radius 2 is 2.24 bits per heavy atom. The molecule has 94 valence electrons. The third-order valence-electron chi connectivity index (χ3n) is 2.78. The van der Waals surface area contributed by atoms with E-state index < -0.39 is 10.0 Å². The van der Waals surface area contributed by atoms with Crippen LogP contribution >= 0.6 is 27.5 Å². The first kappa shape index (κ1) is 13.0. The number of hydrogen-bond acceptors (Lipinski definition) is 3. The van der Waals surface area contributed by atoms with Crippen LogP contribution in [0.2, 0.25) is 0 Å². The molecule has 7 heteroatoms. The average molecular weight is 341 g/mol. The van der Waals surface area contributed by atoms with E-state index in [2.05, 4.69) is 15.9 Å². The van der Waals surface area contributed by atoms with Gasteiger partial charge in [-0.25, -0.2) is 8.42 Å². The van der Waals surface area contributed by atoms with E-state index in [4.69, 9.17) is 11.6 Å². The summed E-state index contributed by atoms with van der Waals surface area (Å²) in [4.78, 5) is 0. The third kappa shape index (κ3) is 2.26. The van der Waals surface area contributed by atoms with Crippen LogP contribution in [0.25, 0.3) is 0 Å². The van der Waals surface area contributed by atoms with E-state index in [1.807, 2.05) is 0 Å². The maximum absolute atomic E-state index is 11.6. The van der Waals surface area contributed by atoms with Crippen molar-refractivity contribution in [1.82, 2.24) is 0 Å². The Morgan fingerprint density at radius 1 is 1.59 bits per heavy atom. The lowest BCUT2D eigenvalue weighted by atomic mass is 10.0. The molecule has 0 aliphatic carbocycles. The number of hydrogen-bond donors (Lipinski definition) is 1. The van der Waals surface area contributed by atoms with E-state index in [0.717, 1.165) is 11.8 Å². The van der Waals surface area contributed by atoms with Gasteiger partial charge in [-0.15, -0.1) is 11.6 Å². The van der Waals surface area contributed by atoms with Crippen molar-refractivity contribution in [2.75, 3.05) is 23.0 Å². The monoisotopic (exact) mass is 339 g/mol. The Bertz CT molecular complexity index is 561. The lowest BCUT2D eigenvalue weighted by molar-refractivity contribution is 0.472. The predicted octanol–water partition coefficient (Wildman–Crippen LogP) is 2.26. The summed E-state index contributed by atoms with van der Waals surface area (Å²) in [5.74, 6) is 0.321. The van der Waals surface area contributed by atoms with E-state index in [-0.39, 0.29) is 11.7 Å². The number of alkyl halides is 1. The van der Waals surface area contributed by atoms with Crippen LogP contribution in [0.15, 0.2) is 16.6 Å². The number of nitrogens with zero attached hydrogens (tertiary/aromatic N) is 1. The summed E-state index contributed by atoms with van der Waals surface area (Å²) in [5, 5.41) is 9.62. The normalized spacial score (nSPS) is 19.5. The Morgan fingerprint density at radius 3 is 2.76 bits per heavy atom. The second-order valence-electron chi connectivity index (χ2n) is 4.01. The van der Waals surface area contributed by atoms with Crippen molar-refractivity contribution in [3.63, 3.8) is 0 Å². The molecule has 1 aliphatic rings. The van der Waals surface area contributed by atoms with Crippen molar-refractivity contribution in [3.8, 4) is 5.75 Å². The molecule has 0 saturated heterocycles. The number of aromatic hydroxyl groups is 1. The molecule has 1 heterocycles. The van der Waals surface area contributed by atoms with Gasteiger partial charge in [-0.2, -0.15) is 0 Å². The molecular formula is C10H11BrClNO3S. The highest BCUT2D eigenvalue weighted by Gasteiger charge is 2.34. The first-order chi connectivity index (χ1) is 7.84. The number of rotatable bonds is 2. The summed E-state index contributed by atoms with van der Waals surface area (Å²) in [6.45, 7) is 0.327. The minimum absolute atomic E-state index is 0.0209. The molecule has 1 unspecified atom stereocenters. The summed E-state index contributed by atoms with van der Waals surface area (Å²) in [5.41, 5.74) is 1.36. The molecule has 0 spiro atoms. The van der Waals surface area contributed by atoms with E-state index in [1.165, 1.54) is 10.4 Å². The van der Waals surface area contributed by atoms with Crippen LogP contribution in [0.1, 0.15) is 11.5 Å². The zero-order valence-corrected chi connectivity index (χ0v) is 12.2. The summed E-state index contributed by atoms with van der Waals surface area (Å²) < 4.78 is 25.1. The van der Waals surface area contributed by atoms with Gasteiger partial charge in [0.15, 0.2) is 0 Å². The van der Waals surface area contributed by atoms with Crippen molar-refractivity contribution in [3.05, 3.63) is 22.2 Å². The molecule has 0 bridgehead atoms. The molecule has 2 rings (SSSR count). The molecule has 0 aromatic heterocycles. The summed E-state index contributed by atoms with van der Waals surface area (Å²) in [7, 11) is -3.34. The second kappa shape index (κ2) is 4.33. The van der Waals surface area contributed by atoms with Crippen molar-refractivity contribution in [2.45, 2.75) is 5.92 Å². The Labute approximate surface area is 113 Å². The van der Waals surface area contributed by atoms with Crippen LogP contribution in [0.4, 0.5) is 5.69 Å². The van der Waals surface area contributed by atoms with Gasteiger partial charge < -0.3 is 5.11 Å². The standard InChI is InChI=1S/C10H11BrClNO3S/c1-17(15,16)13-5-6(4-12)7-2-8(11)10(14)3-9(7)13/h2-3,6,14H,4-5H2,1H3. The van der Waals surface area contributed by atoms with Crippen LogP contribution in [0.5, 0.6) is 5.75 Å². The maximum atomic E-state index is 11.6. The second-order valence-corrected chi connectivity index (χ2v) is 7.08. The number of phenolic OH excluding ortho intramolecular Hbond substituents is 1. The fourth-order valence-electron chi connectivity index (χ4n) is 1.95. The van der Waals surface area contributed by atoms with Crippen molar-refractivity contribution in [1.29, 1.82) is 0 Å². The van der Waals surface area contributed by atoms with Crippen LogP contribution < -0.4 is 4.31 Å². The smallest absolute Gasteiger partial charge is 0.232 e. The fraction of sp³-hybridized carbons (Fsp3) is 0.400. The molecule has 1 aromatic carbocycles. The van der Waals surface area contributed by atoms with E-state index in [0.29, 0.717) is 22.6 Å². The lowest BCUT2D eigenvalue weighted by Crippen LogP contribution is -2.28. The molecular weight excluding hydrogens is 330 g/mol. The number of anilines is 1. The minimum Gasteiger partial charge on any atom is -0.507 e. The average Bonchev–Trinajstić information content (AvgIpc) is 2.56. The molecule has 1 atom stereocenters. The largest absolute Gasteiger partial charge is 0.507 e. The molecule has 0 radical (unpaired) electrons. The quantitative estimate of drug-likeness (QED) is 0.840. The Hall–Kier alpha value is -0.460. The van der Waals surface area contributed by atoms with Gasteiger partial charge in [0.25, 0.3) is 0 Å². The van der Waals surface area contributed by atoms with Crippen LogP contribution in [0, 0.1) is 0 Å². The van der Waals surface area contributed by atoms with E-state index >= 15 is 0 Å². The van der Waals surface area contributed by atoms with Gasteiger partial charge >= 0.3 is 0 Å². The maximum Gasteiger partial charge on any atom is 0.232 e. The number of phenols is 1. The number of halogens is 2. The van der Waals surface area contributed by atoms with E-state index in [1.54, 1.807) is 6.07 Å². The molecule has 0 amide bonds. The van der Waals surface area contributed by atoms with Crippen molar-refractivity contribution < 1.29 is 13.5 Å². The molecule has 0 saturated carbocycles. The molecule has 1 N–H and O–H groups in total. The summed E-state index contributed by atoms with van der Waals surface area (Å²) in [6.07, 6.45) is 1.15. The highest BCUT2D eigenvalue weighted by Crippen LogP contribution is 2.43.